The molecule has 0 amide bonds. The van der Waals surface area contributed by atoms with E-state index in [-0.39, 0.29) is 23.8 Å². The lowest BCUT2D eigenvalue weighted by molar-refractivity contribution is -0.183. The molecule has 0 fully saturated rings. The first-order valence-electron chi connectivity index (χ1n) is 8.01. The Morgan fingerprint density at radius 2 is 1.84 bits per heavy atom. The molecule has 0 aromatic rings. The molecule has 0 bridgehead atoms. The molecule has 1 heterocycles. The number of rotatable bonds is 7. The van der Waals surface area contributed by atoms with Gasteiger partial charge < -0.3 is 13.9 Å². The molecule has 0 saturated heterocycles. The zero-order valence-corrected chi connectivity index (χ0v) is 16.2. The van der Waals surface area contributed by atoms with Crippen LogP contribution in [0.25, 0.3) is 0 Å². The van der Waals surface area contributed by atoms with E-state index in [1.807, 2.05) is 0 Å². The molecule has 0 aliphatic carbocycles. The Morgan fingerprint density at radius 3 is 2.36 bits per heavy atom. The number of allylic oxidation sites excluding steroid dienone is 1. The van der Waals surface area contributed by atoms with Crippen LogP contribution in [0.1, 0.15) is 33.6 Å². The fourth-order valence-corrected chi connectivity index (χ4v) is 2.96. The van der Waals surface area contributed by atoms with Gasteiger partial charge in [0.2, 0.25) is 5.78 Å². The maximum Gasteiger partial charge on any atom is 0.422 e. The van der Waals surface area contributed by atoms with Gasteiger partial charge in [-0.25, -0.2) is 4.79 Å². The fourth-order valence-electron chi connectivity index (χ4n) is 1.87. The summed E-state index contributed by atoms with van der Waals surface area (Å²) in [5.74, 6) is -1.87. The zero-order valence-electron chi connectivity index (χ0n) is 15.2. The first-order valence-corrected chi connectivity index (χ1v) is 10.9. The van der Waals surface area contributed by atoms with Crippen LogP contribution < -0.4 is 0 Å². The Kier molecular flexibility index (Phi) is 6.86. The molecule has 5 nitrogen and oxygen atoms in total. The van der Waals surface area contributed by atoms with E-state index < -0.39 is 38.4 Å². The van der Waals surface area contributed by atoms with E-state index in [1.165, 1.54) is 0 Å². The van der Waals surface area contributed by atoms with Gasteiger partial charge in [-0.1, -0.05) is 20.8 Å². The second kappa shape index (κ2) is 7.90. The standard InChI is InChI=1S/C16H25F3O5Si/c1-15(2,3)25(4,5)24-8-6-7-12-13(11(20)9-22-12)14(21)23-10-16(17,18)19/h6-10H2,1-5H3. The van der Waals surface area contributed by atoms with Gasteiger partial charge >= 0.3 is 12.1 Å². The smallest absolute Gasteiger partial charge is 0.422 e. The lowest BCUT2D eigenvalue weighted by Gasteiger charge is -2.36. The quantitative estimate of drug-likeness (QED) is 0.290. The predicted octanol–water partition coefficient (Wildman–Crippen LogP) is 3.75. The van der Waals surface area contributed by atoms with Gasteiger partial charge in [-0.05, 0) is 24.6 Å². The third-order valence-electron chi connectivity index (χ3n) is 4.32. The Balaban J connectivity index is 2.61. The average molecular weight is 382 g/mol. The maximum atomic E-state index is 12.1. The summed E-state index contributed by atoms with van der Waals surface area (Å²) in [5.41, 5.74) is -0.420. The summed E-state index contributed by atoms with van der Waals surface area (Å²) in [6.07, 6.45) is -3.92. The average Bonchev–Trinajstić information content (AvgIpc) is 2.80. The number of halogens is 3. The summed E-state index contributed by atoms with van der Waals surface area (Å²) < 4.78 is 51.7. The molecule has 0 atom stereocenters. The molecule has 144 valence electrons. The number of esters is 1. The molecule has 0 N–H and O–H groups in total. The van der Waals surface area contributed by atoms with Crippen molar-refractivity contribution in [2.24, 2.45) is 0 Å². The van der Waals surface area contributed by atoms with Crippen molar-refractivity contribution in [3.63, 3.8) is 0 Å². The molecule has 1 rings (SSSR count). The van der Waals surface area contributed by atoms with Crippen molar-refractivity contribution in [1.82, 2.24) is 0 Å². The summed E-state index contributed by atoms with van der Waals surface area (Å²) in [6, 6.07) is 0. The van der Waals surface area contributed by atoms with Crippen molar-refractivity contribution in [3.05, 3.63) is 11.3 Å². The minimum atomic E-state index is -4.64. The van der Waals surface area contributed by atoms with Crippen LogP contribution in [0, 0.1) is 0 Å². The van der Waals surface area contributed by atoms with Gasteiger partial charge in [-0.2, -0.15) is 13.2 Å². The van der Waals surface area contributed by atoms with Crippen molar-refractivity contribution < 1.29 is 36.7 Å². The van der Waals surface area contributed by atoms with Crippen molar-refractivity contribution in [2.45, 2.75) is 57.9 Å². The summed E-state index contributed by atoms with van der Waals surface area (Å²) in [7, 11) is -1.91. The number of hydrogen-bond donors (Lipinski definition) is 0. The Morgan fingerprint density at radius 1 is 1.24 bits per heavy atom. The van der Waals surface area contributed by atoms with Crippen LogP contribution in [0.15, 0.2) is 11.3 Å². The third-order valence-corrected chi connectivity index (χ3v) is 8.86. The van der Waals surface area contributed by atoms with Crippen molar-refractivity contribution in [1.29, 1.82) is 0 Å². The maximum absolute atomic E-state index is 12.1. The van der Waals surface area contributed by atoms with Crippen molar-refractivity contribution >= 4 is 20.1 Å². The van der Waals surface area contributed by atoms with Gasteiger partial charge in [0.05, 0.1) is 0 Å². The highest BCUT2D eigenvalue weighted by atomic mass is 28.4. The van der Waals surface area contributed by atoms with Gasteiger partial charge in [0.1, 0.15) is 11.3 Å². The topological polar surface area (TPSA) is 61.8 Å². The van der Waals surface area contributed by atoms with Gasteiger partial charge in [-0.15, -0.1) is 0 Å². The van der Waals surface area contributed by atoms with Gasteiger partial charge in [0.25, 0.3) is 0 Å². The Labute approximate surface area is 146 Å². The van der Waals surface area contributed by atoms with Crippen LogP contribution in [0.4, 0.5) is 13.2 Å². The van der Waals surface area contributed by atoms with Crippen LogP contribution >= 0.6 is 0 Å². The van der Waals surface area contributed by atoms with Crippen molar-refractivity contribution in [3.8, 4) is 0 Å². The van der Waals surface area contributed by atoms with Gasteiger partial charge in [0, 0.05) is 13.0 Å². The highest BCUT2D eigenvalue weighted by molar-refractivity contribution is 6.74. The van der Waals surface area contributed by atoms with E-state index >= 15 is 0 Å². The van der Waals surface area contributed by atoms with E-state index in [2.05, 4.69) is 38.6 Å². The zero-order chi connectivity index (χ0) is 19.5. The molecule has 1 aliphatic rings. The van der Waals surface area contributed by atoms with E-state index in [9.17, 15) is 22.8 Å². The van der Waals surface area contributed by atoms with Gasteiger partial charge in [0.15, 0.2) is 21.5 Å². The van der Waals surface area contributed by atoms with E-state index in [0.29, 0.717) is 13.0 Å². The first-order chi connectivity index (χ1) is 11.2. The largest absolute Gasteiger partial charge is 0.489 e. The first kappa shape index (κ1) is 21.7. The van der Waals surface area contributed by atoms with Gasteiger partial charge in [-0.3, -0.25) is 4.79 Å². The second-order valence-corrected chi connectivity index (χ2v) is 12.2. The van der Waals surface area contributed by atoms with Crippen LogP contribution in [0.2, 0.25) is 18.1 Å². The minimum Gasteiger partial charge on any atom is -0.489 e. The number of hydrogen-bond acceptors (Lipinski definition) is 5. The number of Topliss-reactive ketones (excluding diaryl/α,β-unsaturated/α-hetero) is 1. The molecule has 0 unspecified atom stereocenters. The number of carbonyl (C=O) groups excluding carboxylic acids is 2. The summed E-state index contributed by atoms with van der Waals surface area (Å²) in [5, 5.41) is 0.0542. The molecule has 9 heteroatoms. The highest BCUT2D eigenvalue weighted by Gasteiger charge is 2.38. The lowest BCUT2D eigenvalue weighted by Crippen LogP contribution is -2.40. The molecular weight excluding hydrogens is 357 g/mol. The third kappa shape index (κ3) is 6.46. The van der Waals surface area contributed by atoms with Crippen LogP contribution in [0.5, 0.6) is 0 Å². The Hall–Kier alpha value is -1.35. The number of carbonyl (C=O) groups is 2. The monoisotopic (exact) mass is 382 g/mol. The molecule has 1 aliphatic heterocycles. The minimum absolute atomic E-state index is 0.0542. The normalized spacial score (nSPS) is 16.2. The van der Waals surface area contributed by atoms with Crippen molar-refractivity contribution in [2.75, 3.05) is 19.8 Å². The molecular formula is C16H25F3O5Si. The summed E-state index contributed by atoms with van der Waals surface area (Å²) >= 11 is 0. The molecule has 25 heavy (non-hydrogen) atoms. The molecule has 0 spiro atoms. The number of ether oxygens (including phenoxy) is 2. The number of ketones is 1. The van der Waals surface area contributed by atoms with Crippen LogP contribution in [-0.2, 0) is 23.5 Å². The molecule has 0 aromatic heterocycles. The molecule has 0 aromatic carbocycles. The highest BCUT2D eigenvalue weighted by Crippen LogP contribution is 2.36. The van der Waals surface area contributed by atoms with E-state index in [0.717, 1.165) is 0 Å². The van der Waals surface area contributed by atoms with Crippen LogP contribution in [-0.4, -0.2) is 46.1 Å². The summed E-state index contributed by atoms with van der Waals surface area (Å²) in [6.45, 7) is 8.85. The van der Waals surface area contributed by atoms with Crippen LogP contribution in [0.3, 0.4) is 0 Å². The lowest BCUT2D eigenvalue weighted by atomic mass is 10.1. The number of alkyl halides is 3. The van der Waals surface area contributed by atoms with E-state index in [4.69, 9.17) is 9.16 Å². The fraction of sp³-hybridized carbons (Fsp3) is 0.750. The SMILES string of the molecule is CC(C)(C)[Si](C)(C)OCCCC1=C(C(=O)OCC(F)(F)F)C(=O)CO1. The van der Waals surface area contributed by atoms with E-state index in [1.54, 1.807) is 0 Å². The Bertz CT molecular complexity index is 547. The second-order valence-electron chi connectivity index (χ2n) is 7.41. The molecule has 0 radical (unpaired) electrons. The summed E-state index contributed by atoms with van der Waals surface area (Å²) in [4.78, 5) is 23.4. The molecule has 0 saturated carbocycles. The predicted molar refractivity (Wildman–Crippen MR) is 87.4 cm³/mol.